The van der Waals surface area contributed by atoms with Gasteiger partial charge >= 0.3 is 0 Å². The number of benzene rings is 2. The van der Waals surface area contributed by atoms with Gasteiger partial charge in [0, 0.05) is 16.8 Å². The Balaban J connectivity index is 2.07. The summed E-state index contributed by atoms with van der Waals surface area (Å²) in [6, 6.07) is 18.0. The fraction of sp³-hybridized carbons (Fsp3) is 0.125. The third-order valence-electron chi connectivity index (χ3n) is 3.21. The van der Waals surface area contributed by atoms with Gasteiger partial charge in [0.25, 0.3) is 0 Å². The molecule has 0 atom stereocenters. The second-order valence-electron chi connectivity index (χ2n) is 4.58. The van der Waals surface area contributed by atoms with E-state index in [1.165, 1.54) is 0 Å². The van der Waals surface area contributed by atoms with Crippen LogP contribution in [0.25, 0.3) is 0 Å². The van der Waals surface area contributed by atoms with Gasteiger partial charge in [-0.3, -0.25) is 4.99 Å². The van der Waals surface area contributed by atoms with E-state index < -0.39 is 0 Å². The van der Waals surface area contributed by atoms with E-state index in [1.807, 2.05) is 54.6 Å². The number of para-hydroxylation sites is 1. The van der Waals surface area contributed by atoms with Gasteiger partial charge < -0.3 is 5.32 Å². The molecular formula is C16H14N4O. The van der Waals surface area contributed by atoms with Crippen molar-refractivity contribution in [1.82, 2.24) is 0 Å². The molecule has 5 heteroatoms. The second kappa shape index (κ2) is 6.09. The first-order chi connectivity index (χ1) is 10.4. The van der Waals surface area contributed by atoms with Crippen LogP contribution in [-0.2, 0) is 0 Å². The first-order valence-electron chi connectivity index (χ1n) is 6.67. The van der Waals surface area contributed by atoms with Crippen molar-refractivity contribution in [2.24, 2.45) is 15.2 Å². The summed E-state index contributed by atoms with van der Waals surface area (Å²) in [5, 5.41) is 6.00. The number of anilines is 1. The first kappa shape index (κ1) is 13.2. The molecular weight excluding hydrogens is 264 g/mol. The molecule has 1 aliphatic rings. The van der Waals surface area contributed by atoms with Gasteiger partial charge in [-0.05, 0) is 11.2 Å². The number of hydrogen-bond acceptors (Lipinski definition) is 4. The SMILES string of the molecule is O=NCN=C1CN=C(c2ccccc2)c2ccccc2N1. The number of nitrogens with zero attached hydrogens (tertiary/aromatic N) is 3. The van der Waals surface area contributed by atoms with Gasteiger partial charge in [-0.25, -0.2) is 4.99 Å². The molecule has 2 aromatic carbocycles. The van der Waals surface area contributed by atoms with Gasteiger partial charge in [-0.15, -0.1) is 4.91 Å². The first-order valence-corrected chi connectivity index (χ1v) is 6.67. The summed E-state index contributed by atoms with van der Waals surface area (Å²) in [4.78, 5) is 19.0. The molecule has 104 valence electrons. The largest absolute Gasteiger partial charge is 0.342 e. The van der Waals surface area contributed by atoms with Crippen LogP contribution in [-0.4, -0.2) is 24.8 Å². The molecule has 0 saturated carbocycles. The van der Waals surface area contributed by atoms with E-state index in [-0.39, 0.29) is 6.67 Å². The average molecular weight is 278 g/mol. The van der Waals surface area contributed by atoms with E-state index in [9.17, 15) is 4.91 Å². The molecule has 0 bridgehead atoms. The van der Waals surface area contributed by atoms with Crippen LogP contribution < -0.4 is 5.32 Å². The highest BCUT2D eigenvalue weighted by Gasteiger charge is 2.16. The Hall–Kier alpha value is -2.82. The maximum atomic E-state index is 10.2. The molecule has 0 spiro atoms. The van der Waals surface area contributed by atoms with E-state index >= 15 is 0 Å². The van der Waals surface area contributed by atoms with Crippen LogP contribution in [0.4, 0.5) is 5.69 Å². The highest BCUT2D eigenvalue weighted by atomic mass is 16.3. The Morgan fingerprint density at radius 3 is 2.62 bits per heavy atom. The zero-order valence-corrected chi connectivity index (χ0v) is 11.4. The molecule has 0 unspecified atom stereocenters. The summed E-state index contributed by atoms with van der Waals surface area (Å²) < 4.78 is 0. The van der Waals surface area contributed by atoms with Gasteiger partial charge in [-0.2, -0.15) is 0 Å². The van der Waals surface area contributed by atoms with Crippen LogP contribution in [0.1, 0.15) is 11.1 Å². The van der Waals surface area contributed by atoms with Crippen molar-refractivity contribution in [1.29, 1.82) is 0 Å². The van der Waals surface area contributed by atoms with E-state index in [0.29, 0.717) is 12.4 Å². The predicted octanol–water partition coefficient (Wildman–Crippen LogP) is 3.07. The summed E-state index contributed by atoms with van der Waals surface area (Å²) >= 11 is 0. The lowest BCUT2D eigenvalue weighted by atomic mass is 10.0. The molecule has 0 aromatic heterocycles. The minimum atomic E-state index is -0.0965. The number of nitroso groups, excluding NO2 is 1. The van der Waals surface area contributed by atoms with Gasteiger partial charge in [-0.1, -0.05) is 48.5 Å². The lowest BCUT2D eigenvalue weighted by Crippen LogP contribution is -2.15. The van der Waals surface area contributed by atoms with Crippen molar-refractivity contribution >= 4 is 17.2 Å². The third-order valence-corrected chi connectivity index (χ3v) is 3.21. The zero-order valence-electron chi connectivity index (χ0n) is 11.4. The molecule has 3 rings (SSSR count). The van der Waals surface area contributed by atoms with E-state index in [1.54, 1.807) is 0 Å². The monoisotopic (exact) mass is 278 g/mol. The van der Waals surface area contributed by atoms with Crippen molar-refractivity contribution in [3.63, 3.8) is 0 Å². The molecule has 1 heterocycles. The normalized spacial score (nSPS) is 15.6. The minimum absolute atomic E-state index is 0.0965. The Kier molecular flexibility index (Phi) is 3.82. The number of hydrogen-bond donors (Lipinski definition) is 1. The number of amidine groups is 1. The second-order valence-corrected chi connectivity index (χ2v) is 4.58. The Morgan fingerprint density at radius 2 is 1.81 bits per heavy atom. The van der Waals surface area contributed by atoms with Gasteiger partial charge in [0.05, 0.1) is 12.3 Å². The van der Waals surface area contributed by atoms with Crippen LogP contribution >= 0.6 is 0 Å². The summed E-state index contributed by atoms with van der Waals surface area (Å²) in [6.07, 6.45) is 0. The summed E-state index contributed by atoms with van der Waals surface area (Å²) in [6.45, 7) is 0.301. The Morgan fingerprint density at radius 1 is 1.05 bits per heavy atom. The third kappa shape index (κ3) is 2.86. The molecule has 0 saturated heterocycles. The number of benzodiazepines with no additional fused rings is 1. The molecule has 1 aliphatic heterocycles. The van der Waals surface area contributed by atoms with Crippen LogP contribution in [0, 0.1) is 4.91 Å². The average Bonchev–Trinajstić information content (AvgIpc) is 2.73. The van der Waals surface area contributed by atoms with Crippen molar-refractivity contribution < 1.29 is 0 Å². The highest BCUT2D eigenvalue weighted by Crippen LogP contribution is 2.22. The molecule has 2 aromatic rings. The van der Waals surface area contributed by atoms with Crippen LogP contribution in [0.5, 0.6) is 0 Å². The van der Waals surface area contributed by atoms with Gasteiger partial charge in [0.15, 0.2) is 6.67 Å². The van der Waals surface area contributed by atoms with Crippen molar-refractivity contribution in [3.8, 4) is 0 Å². The molecule has 0 aliphatic carbocycles. The highest BCUT2D eigenvalue weighted by molar-refractivity contribution is 6.19. The maximum Gasteiger partial charge on any atom is 0.173 e. The van der Waals surface area contributed by atoms with Crippen LogP contribution in [0.15, 0.2) is 69.8 Å². The van der Waals surface area contributed by atoms with Crippen molar-refractivity contribution in [2.75, 3.05) is 18.5 Å². The fourth-order valence-corrected chi connectivity index (χ4v) is 2.28. The molecule has 0 fully saturated rings. The number of rotatable bonds is 3. The predicted molar refractivity (Wildman–Crippen MR) is 85.1 cm³/mol. The summed E-state index contributed by atoms with van der Waals surface area (Å²) in [5.74, 6) is 0.646. The summed E-state index contributed by atoms with van der Waals surface area (Å²) in [7, 11) is 0. The van der Waals surface area contributed by atoms with Crippen LogP contribution in [0.3, 0.4) is 0 Å². The smallest absolute Gasteiger partial charge is 0.173 e. The number of aliphatic imine (C=N–C) groups is 2. The molecule has 5 nitrogen and oxygen atoms in total. The maximum absolute atomic E-state index is 10.2. The van der Waals surface area contributed by atoms with E-state index in [4.69, 9.17) is 0 Å². The molecule has 1 N–H and O–H groups in total. The molecule has 21 heavy (non-hydrogen) atoms. The van der Waals surface area contributed by atoms with E-state index in [2.05, 4.69) is 20.5 Å². The lowest BCUT2D eigenvalue weighted by molar-refractivity contribution is 1.04. The van der Waals surface area contributed by atoms with Gasteiger partial charge in [0.2, 0.25) is 0 Å². The van der Waals surface area contributed by atoms with Crippen LogP contribution in [0.2, 0.25) is 0 Å². The minimum Gasteiger partial charge on any atom is -0.342 e. The summed E-state index contributed by atoms with van der Waals surface area (Å²) in [5.41, 5.74) is 3.93. The molecule has 0 radical (unpaired) electrons. The number of nitrogens with one attached hydrogen (secondary N) is 1. The van der Waals surface area contributed by atoms with Crippen molar-refractivity contribution in [2.45, 2.75) is 0 Å². The quantitative estimate of drug-likeness (QED) is 0.877. The fourth-order valence-electron chi connectivity index (χ4n) is 2.28. The lowest BCUT2D eigenvalue weighted by Gasteiger charge is -2.10. The topological polar surface area (TPSA) is 66.2 Å². The van der Waals surface area contributed by atoms with E-state index in [0.717, 1.165) is 22.5 Å². The van der Waals surface area contributed by atoms with Gasteiger partial charge in [0.1, 0.15) is 5.84 Å². The zero-order chi connectivity index (χ0) is 14.5. The molecule has 0 amide bonds. The standard InChI is InChI=1S/C16H14N4O/c21-19-11-18-15-10-17-16(12-6-2-1-3-7-12)13-8-4-5-9-14(13)20-15/h1-9H,10-11H2,(H,18,20). The Labute approximate surface area is 122 Å². The Bertz CT molecular complexity index is 707. The van der Waals surface area contributed by atoms with Crippen molar-refractivity contribution in [3.05, 3.63) is 70.6 Å². The number of fused-ring (bicyclic) bond motifs is 1.